The number of para-hydroxylation sites is 1. The summed E-state index contributed by atoms with van der Waals surface area (Å²) in [6, 6.07) is 6.65. The van der Waals surface area contributed by atoms with Crippen LogP contribution in [0.1, 0.15) is 25.1 Å². The second-order valence-electron chi connectivity index (χ2n) is 5.27. The van der Waals surface area contributed by atoms with Gasteiger partial charge in [0.05, 0.1) is 28.4 Å². The number of rotatable bonds is 5. The van der Waals surface area contributed by atoms with Gasteiger partial charge in [-0.05, 0) is 24.6 Å². The normalized spacial score (nSPS) is 13.6. The highest BCUT2D eigenvalue weighted by Crippen LogP contribution is 2.22. The summed E-state index contributed by atoms with van der Waals surface area (Å²) >= 11 is 1.29. The third kappa shape index (κ3) is 3.58. The number of hydrogen-bond donors (Lipinski definition) is 2. The number of benzene rings is 1. The average Bonchev–Trinajstić information content (AvgIpc) is 3.22. The van der Waals surface area contributed by atoms with E-state index in [2.05, 4.69) is 15.0 Å². The molecule has 0 aliphatic rings. The minimum Gasteiger partial charge on any atom is -0.480 e. The molecule has 0 spiro atoms. The standard InChI is InChI=1S/C17H16N4O3S/c1-2-12(16(23)24)21-13-5-3-4-6-14(13)25-17(21)20-15(22)8-7-11-9-18-10-19-11/h3-10,12H,2H2,1H3,(H,18,19)(H,23,24). The summed E-state index contributed by atoms with van der Waals surface area (Å²) in [5.41, 5.74) is 1.44. The molecular formula is C17H16N4O3S. The smallest absolute Gasteiger partial charge is 0.326 e. The molecule has 0 saturated carbocycles. The van der Waals surface area contributed by atoms with Crippen molar-refractivity contribution in [3.63, 3.8) is 0 Å². The number of aromatic nitrogens is 3. The van der Waals surface area contributed by atoms with Crippen molar-refractivity contribution >= 4 is 39.5 Å². The fourth-order valence-electron chi connectivity index (χ4n) is 2.49. The molecular weight excluding hydrogens is 340 g/mol. The van der Waals surface area contributed by atoms with Gasteiger partial charge in [0.15, 0.2) is 4.80 Å². The first kappa shape index (κ1) is 16.8. The quantitative estimate of drug-likeness (QED) is 0.686. The maximum atomic E-state index is 12.2. The summed E-state index contributed by atoms with van der Waals surface area (Å²) in [5.74, 6) is -1.41. The molecule has 0 saturated heterocycles. The van der Waals surface area contributed by atoms with Gasteiger partial charge in [0, 0.05) is 6.08 Å². The van der Waals surface area contributed by atoms with E-state index < -0.39 is 17.9 Å². The number of H-pyrrole nitrogens is 1. The minimum atomic E-state index is -0.951. The van der Waals surface area contributed by atoms with E-state index in [0.29, 0.717) is 16.9 Å². The van der Waals surface area contributed by atoms with Crippen molar-refractivity contribution in [1.82, 2.24) is 14.5 Å². The van der Waals surface area contributed by atoms with Crippen LogP contribution in [-0.2, 0) is 9.59 Å². The van der Waals surface area contributed by atoms with Crippen LogP contribution in [0.4, 0.5) is 0 Å². The second kappa shape index (κ2) is 7.27. The number of aromatic amines is 1. The lowest BCUT2D eigenvalue weighted by atomic mass is 10.2. The lowest BCUT2D eigenvalue weighted by molar-refractivity contribution is -0.141. The van der Waals surface area contributed by atoms with E-state index in [1.54, 1.807) is 23.8 Å². The number of fused-ring (bicyclic) bond motifs is 1. The van der Waals surface area contributed by atoms with Crippen LogP contribution in [-0.4, -0.2) is 31.5 Å². The Labute approximate surface area is 147 Å². The van der Waals surface area contributed by atoms with E-state index in [1.165, 1.54) is 23.7 Å². The minimum absolute atomic E-state index is 0.370. The number of nitrogens with zero attached hydrogens (tertiary/aromatic N) is 3. The van der Waals surface area contributed by atoms with Crippen molar-refractivity contribution in [2.45, 2.75) is 19.4 Å². The predicted molar refractivity (Wildman–Crippen MR) is 95.0 cm³/mol. The average molecular weight is 356 g/mol. The number of carbonyl (C=O) groups excluding carboxylic acids is 1. The fourth-order valence-corrected chi connectivity index (χ4v) is 3.56. The fraction of sp³-hybridized carbons (Fsp3) is 0.176. The van der Waals surface area contributed by atoms with Crippen LogP contribution in [0.3, 0.4) is 0 Å². The number of thiazole rings is 1. The molecule has 1 amide bonds. The Hall–Kier alpha value is -3.00. The number of nitrogens with one attached hydrogen (secondary N) is 1. The van der Waals surface area contributed by atoms with Gasteiger partial charge < -0.3 is 14.7 Å². The van der Waals surface area contributed by atoms with E-state index in [4.69, 9.17) is 0 Å². The Balaban J connectivity index is 2.08. The van der Waals surface area contributed by atoms with Crippen molar-refractivity contribution in [3.8, 4) is 0 Å². The number of hydrogen-bond acceptors (Lipinski definition) is 4. The second-order valence-corrected chi connectivity index (χ2v) is 6.28. The van der Waals surface area contributed by atoms with Gasteiger partial charge >= 0.3 is 5.97 Å². The maximum absolute atomic E-state index is 12.2. The molecule has 8 heteroatoms. The Kier molecular flexibility index (Phi) is 4.90. The van der Waals surface area contributed by atoms with Gasteiger partial charge in [-0.15, -0.1) is 0 Å². The Morgan fingerprint density at radius 2 is 2.24 bits per heavy atom. The van der Waals surface area contributed by atoms with Crippen LogP contribution in [0.2, 0.25) is 0 Å². The number of aliphatic carboxylic acids is 1. The molecule has 7 nitrogen and oxygen atoms in total. The number of carbonyl (C=O) groups is 2. The summed E-state index contributed by atoms with van der Waals surface area (Å²) in [6.45, 7) is 1.79. The molecule has 2 heterocycles. The molecule has 1 atom stereocenters. The van der Waals surface area contributed by atoms with E-state index in [1.807, 2.05) is 24.3 Å². The highest BCUT2D eigenvalue weighted by Gasteiger charge is 2.21. The molecule has 2 N–H and O–H groups in total. The number of carboxylic acids is 1. The number of carboxylic acid groups (broad SMARTS) is 1. The molecule has 1 aromatic carbocycles. The first-order valence-corrected chi connectivity index (χ1v) is 8.50. The van der Waals surface area contributed by atoms with Gasteiger partial charge in [-0.3, -0.25) is 4.79 Å². The number of amides is 1. The zero-order valence-electron chi connectivity index (χ0n) is 13.4. The maximum Gasteiger partial charge on any atom is 0.326 e. The van der Waals surface area contributed by atoms with Crippen LogP contribution in [0.5, 0.6) is 0 Å². The molecule has 0 fully saturated rings. The Morgan fingerprint density at radius 3 is 2.92 bits per heavy atom. The van der Waals surface area contributed by atoms with Crippen molar-refractivity contribution in [1.29, 1.82) is 0 Å². The first-order chi connectivity index (χ1) is 12.1. The van der Waals surface area contributed by atoms with Gasteiger partial charge in [-0.25, -0.2) is 9.78 Å². The van der Waals surface area contributed by atoms with Crippen LogP contribution in [0.15, 0.2) is 47.9 Å². The molecule has 128 valence electrons. The van der Waals surface area contributed by atoms with Crippen molar-refractivity contribution in [3.05, 3.63) is 53.4 Å². The molecule has 1 unspecified atom stereocenters. The Bertz CT molecular complexity index is 999. The van der Waals surface area contributed by atoms with Gasteiger partial charge in [0.2, 0.25) is 0 Å². The molecule has 2 aromatic heterocycles. The molecule has 3 rings (SSSR count). The van der Waals surface area contributed by atoms with E-state index in [0.717, 1.165) is 10.2 Å². The topological polar surface area (TPSA) is 100 Å². The molecule has 25 heavy (non-hydrogen) atoms. The van der Waals surface area contributed by atoms with Crippen LogP contribution < -0.4 is 4.80 Å². The van der Waals surface area contributed by atoms with Gasteiger partial charge in [-0.2, -0.15) is 4.99 Å². The summed E-state index contributed by atoms with van der Waals surface area (Å²) in [4.78, 5) is 35.0. The third-order valence-corrected chi connectivity index (χ3v) is 4.68. The molecule has 0 bridgehead atoms. The SMILES string of the molecule is CCC(C(=O)O)n1c(=NC(=O)C=Cc2cnc[nH]2)sc2ccccc21. The summed E-state index contributed by atoms with van der Waals surface area (Å²) in [6.07, 6.45) is 6.39. The third-order valence-electron chi connectivity index (χ3n) is 3.65. The molecule has 0 aliphatic heterocycles. The highest BCUT2D eigenvalue weighted by atomic mass is 32.1. The molecule has 0 aliphatic carbocycles. The largest absolute Gasteiger partial charge is 0.480 e. The lowest BCUT2D eigenvalue weighted by Crippen LogP contribution is -2.27. The molecule has 0 radical (unpaired) electrons. The van der Waals surface area contributed by atoms with E-state index in [9.17, 15) is 14.7 Å². The van der Waals surface area contributed by atoms with Crippen molar-refractivity contribution in [2.24, 2.45) is 4.99 Å². The van der Waals surface area contributed by atoms with E-state index in [-0.39, 0.29) is 0 Å². The van der Waals surface area contributed by atoms with E-state index >= 15 is 0 Å². The summed E-state index contributed by atoms with van der Waals surface area (Å²) in [7, 11) is 0. The predicted octanol–water partition coefficient (Wildman–Crippen LogP) is 2.60. The zero-order valence-corrected chi connectivity index (χ0v) is 14.2. The van der Waals surface area contributed by atoms with Crippen molar-refractivity contribution in [2.75, 3.05) is 0 Å². The van der Waals surface area contributed by atoms with Crippen molar-refractivity contribution < 1.29 is 14.7 Å². The summed E-state index contributed by atoms with van der Waals surface area (Å²) in [5, 5.41) is 9.52. The summed E-state index contributed by atoms with van der Waals surface area (Å²) < 4.78 is 2.50. The van der Waals surface area contributed by atoms with Gasteiger partial charge in [0.1, 0.15) is 6.04 Å². The first-order valence-electron chi connectivity index (χ1n) is 7.68. The lowest BCUT2D eigenvalue weighted by Gasteiger charge is -2.13. The van der Waals surface area contributed by atoms with Crippen LogP contribution in [0, 0.1) is 0 Å². The highest BCUT2D eigenvalue weighted by molar-refractivity contribution is 7.16. The Morgan fingerprint density at radius 1 is 1.44 bits per heavy atom. The van der Waals surface area contributed by atoms with Gasteiger partial charge in [-0.1, -0.05) is 30.4 Å². The zero-order chi connectivity index (χ0) is 17.8. The van der Waals surface area contributed by atoms with Crippen LogP contribution in [0.25, 0.3) is 16.3 Å². The monoisotopic (exact) mass is 356 g/mol. The number of imidazole rings is 1. The molecule has 3 aromatic rings. The van der Waals surface area contributed by atoms with Crippen LogP contribution >= 0.6 is 11.3 Å². The van der Waals surface area contributed by atoms with Gasteiger partial charge in [0.25, 0.3) is 5.91 Å².